The zero-order valence-electron chi connectivity index (χ0n) is 11.8. The zero-order valence-corrected chi connectivity index (χ0v) is 11.8. The molecule has 1 aliphatic rings. The van der Waals surface area contributed by atoms with E-state index in [2.05, 4.69) is 16.9 Å². The molecular formula is C14H23N3O2. The van der Waals surface area contributed by atoms with Crippen LogP contribution in [0.4, 0.5) is 0 Å². The molecule has 0 saturated carbocycles. The summed E-state index contributed by atoms with van der Waals surface area (Å²) in [6, 6.07) is 0. The Morgan fingerprint density at radius 1 is 1.47 bits per heavy atom. The highest BCUT2D eigenvalue weighted by Gasteiger charge is 2.40. The summed E-state index contributed by atoms with van der Waals surface area (Å²) in [7, 11) is 1.91. The van der Waals surface area contributed by atoms with E-state index in [1.807, 2.05) is 19.4 Å². The van der Waals surface area contributed by atoms with Gasteiger partial charge in [0, 0.05) is 25.4 Å². The Bertz CT molecular complexity index is 434. The third kappa shape index (κ3) is 3.15. The fourth-order valence-electron chi connectivity index (χ4n) is 3.00. The molecule has 0 spiro atoms. The Hall–Kier alpha value is -1.36. The number of nitrogens with zero attached hydrogens (tertiary/aromatic N) is 3. The molecule has 1 aromatic rings. The van der Waals surface area contributed by atoms with Crippen molar-refractivity contribution in [1.29, 1.82) is 0 Å². The molecule has 0 atom stereocenters. The summed E-state index contributed by atoms with van der Waals surface area (Å²) in [6.45, 7) is 4.66. The van der Waals surface area contributed by atoms with Crippen LogP contribution in [0.15, 0.2) is 12.4 Å². The van der Waals surface area contributed by atoms with Crippen molar-refractivity contribution in [1.82, 2.24) is 14.7 Å². The van der Waals surface area contributed by atoms with Crippen LogP contribution in [0.3, 0.4) is 0 Å². The first kappa shape index (κ1) is 14.1. The molecule has 1 aromatic heterocycles. The highest BCUT2D eigenvalue weighted by atomic mass is 16.4. The predicted octanol–water partition coefficient (Wildman–Crippen LogP) is 1.89. The number of carboxylic acid groups (broad SMARTS) is 1. The maximum atomic E-state index is 11.5. The molecule has 19 heavy (non-hydrogen) atoms. The van der Waals surface area contributed by atoms with Crippen molar-refractivity contribution in [3.8, 4) is 0 Å². The number of hydrogen-bond acceptors (Lipinski definition) is 3. The van der Waals surface area contributed by atoms with Gasteiger partial charge < -0.3 is 5.11 Å². The monoisotopic (exact) mass is 265 g/mol. The molecule has 5 heteroatoms. The number of piperidine rings is 1. The van der Waals surface area contributed by atoms with E-state index in [1.165, 1.54) is 5.56 Å². The topological polar surface area (TPSA) is 58.4 Å². The van der Waals surface area contributed by atoms with Crippen LogP contribution in [0.5, 0.6) is 0 Å². The van der Waals surface area contributed by atoms with E-state index in [-0.39, 0.29) is 0 Å². The third-order valence-electron chi connectivity index (χ3n) is 4.16. The van der Waals surface area contributed by atoms with Gasteiger partial charge in [0.2, 0.25) is 0 Å². The number of rotatable bonds is 5. The molecule has 0 bridgehead atoms. The Labute approximate surface area is 114 Å². The van der Waals surface area contributed by atoms with Crippen molar-refractivity contribution in [2.75, 3.05) is 13.1 Å². The van der Waals surface area contributed by atoms with Crippen LogP contribution < -0.4 is 0 Å². The van der Waals surface area contributed by atoms with Gasteiger partial charge in [0.05, 0.1) is 11.6 Å². The van der Waals surface area contributed by atoms with Crippen LogP contribution >= 0.6 is 0 Å². The lowest BCUT2D eigenvalue weighted by Gasteiger charge is -2.38. The molecule has 1 fully saturated rings. The molecule has 0 amide bonds. The molecule has 1 aliphatic heterocycles. The predicted molar refractivity (Wildman–Crippen MR) is 72.7 cm³/mol. The summed E-state index contributed by atoms with van der Waals surface area (Å²) in [6.07, 6.45) is 7.15. The van der Waals surface area contributed by atoms with Crippen LogP contribution in [0.1, 0.15) is 38.2 Å². The summed E-state index contributed by atoms with van der Waals surface area (Å²) >= 11 is 0. The molecule has 0 aliphatic carbocycles. The maximum Gasteiger partial charge on any atom is 0.309 e. The van der Waals surface area contributed by atoms with Crippen LogP contribution in [0, 0.1) is 5.41 Å². The highest BCUT2D eigenvalue weighted by Crippen LogP contribution is 2.36. The molecule has 1 saturated heterocycles. The molecule has 5 nitrogen and oxygen atoms in total. The van der Waals surface area contributed by atoms with Gasteiger partial charge in [-0.1, -0.05) is 13.3 Å². The van der Waals surface area contributed by atoms with Crippen LogP contribution in [0.2, 0.25) is 0 Å². The molecule has 0 unspecified atom stereocenters. The second-order valence-electron chi connectivity index (χ2n) is 5.63. The Balaban J connectivity index is 1.92. The zero-order chi connectivity index (χ0) is 13.9. The van der Waals surface area contributed by atoms with E-state index >= 15 is 0 Å². The van der Waals surface area contributed by atoms with Gasteiger partial charge in [0.25, 0.3) is 0 Å². The first-order valence-electron chi connectivity index (χ1n) is 6.99. The van der Waals surface area contributed by atoms with Crippen LogP contribution in [-0.2, 0) is 18.4 Å². The quantitative estimate of drug-likeness (QED) is 0.883. The number of aromatic nitrogens is 2. The van der Waals surface area contributed by atoms with Gasteiger partial charge in [0.1, 0.15) is 0 Å². The lowest BCUT2D eigenvalue weighted by molar-refractivity contribution is -0.152. The van der Waals surface area contributed by atoms with Crippen molar-refractivity contribution in [3.05, 3.63) is 18.0 Å². The van der Waals surface area contributed by atoms with Crippen molar-refractivity contribution >= 4 is 5.97 Å². The average Bonchev–Trinajstić information content (AvgIpc) is 2.77. The van der Waals surface area contributed by atoms with E-state index in [1.54, 1.807) is 4.68 Å². The lowest BCUT2D eigenvalue weighted by Crippen LogP contribution is -2.44. The molecule has 2 rings (SSSR count). The standard InChI is InChI=1S/C14H23N3O2/c1-3-4-14(13(18)19)5-7-17(8-6-14)11-12-9-15-16(2)10-12/h9-10H,3-8,11H2,1-2H3,(H,18,19). The molecule has 106 valence electrons. The number of aryl methyl sites for hydroxylation is 1. The summed E-state index contributed by atoms with van der Waals surface area (Å²) in [5, 5.41) is 13.6. The SMILES string of the molecule is CCCC1(C(=O)O)CCN(Cc2cnn(C)c2)CC1. The van der Waals surface area contributed by atoms with Crippen molar-refractivity contribution in [2.45, 2.75) is 39.2 Å². The van der Waals surface area contributed by atoms with Gasteiger partial charge in [-0.3, -0.25) is 14.4 Å². The van der Waals surface area contributed by atoms with E-state index in [9.17, 15) is 9.90 Å². The van der Waals surface area contributed by atoms with Gasteiger partial charge >= 0.3 is 5.97 Å². The molecule has 2 heterocycles. The minimum atomic E-state index is -0.615. The minimum absolute atomic E-state index is 0.486. The molecule has 0 radical (unpaired) electrons. The van der Waals surface area contributed by atoms with Crippen LogP contribution in [-0.4, -0.2) is 38.8 Å². The number of hydrogen-bond donors (Lipinski definition) is 1. The largest absolute Gasteiger partial charge is 0.481 e. The van der Waals surface area contributed by atoms with E-state index in [0.29, 0.717) is 0 Å². The van der Waals surface area contributed by atoms with Gasteiger partial charge in [0.15, 0.2) is 0 Å². The fourth-order valence-corrected chi connectivity index (χ4v) is 3.00. The van der Waals surface area contributed by atoms with Gasteiger partial charge in [-0.05, 0) is 32.4 Å². The van der Waals surface area contributed by atoms with Crippen molar-refractivity contribution < 1.29 is 9.90 Å². The fraction of sp³-hybridized carbons (Fsp3) is 0.714. The summed E-state index contributed by atoms with van der Waals surface area (Å²) < 4.78 is 1.80. The summed E-state index contributed by atoms with van der Waals surface area (Å²) in [5.74, 6) is -0.615. The summed E-state index contributed by atoms with van der Waals surface area (Å²) in [5.41, 5.74) is 0.709. The van der Waals surface area contributed by atoms with Gasteiger partial charge in [-0.25, -0.2) is 0 Å². The lowest BCUT2D eigenvalue weighted by atomic mass is 9.75. The molecule has 0 aromatic carbocycles. The highest BCUT2D eigenvalue weighted by molar-refractivity contribution is 5.74. The Morgan fingerprint density at radius 2 is 2.16 bits per heavy atom. The van der Waals surface area contributed by atoms with Crippen molar-refractivity contribution in [2.24, 2.45) is 12.5 Å². The van der Waals surface area contributed by atoms with E-state index in [4.69, 9.17) is 0 Å². The minimum Gasteiger partial charge on any atom is -0.481 e. The number of aliphatic carboxylic acids is 1. The first-order valence-corrected chi connectivity index (χ1v) is 6.99. The summed E-state index contributed by atoms with van der Waals surface area (Å²) in [4.78, 5) is 13.8. The number of carboxylic acids is 1. The molecular weight excluding hydrogens is 242 g/mol. The smallest absolute Gasteiger partial charge is 0.309 e. The first-order chi connectivity index (χ1) is 9.05. The number of carbonyl (C=O) groups is 1. The molecule has 1 N–H and O–H groups in total. The third-order valence-corrected chi connectivity index (χ3v) is 4.16. The van der Waals surface area contributed by atoms with Crippen LogP contribution in [0.25, 0.3) is 0 Å². The Morgan fingerprint density at radius 3 is 2.63 bits per heavy atom. The van der Waals surface area contributed by atoms with Gasteiger partial charge in [-0.2, -0.15) is 5.10 Å². The maximum absolute atomic E-state index is 11.5. The van der Waals surface area contributed by atoms with E-state index in [0.717, 1.165) is 45.3 Å². The van der Waals surface area contributed by atoms with Gasteiger partial charge in [-0.15, -0.1) is 0 Å². The normalized spacial score (nSPS) is 19.5. The number of likely N-dealkylation sites (tertiary alicyclic amines) is 1. The average molecular weight is 265 g/mol. The van der Waals surface area contributed by atoms with Crippen molar-refractivity contribution in [3.63, 3.8) is 0 Å². The Kier molecular flexibility index (Phi) is 4.24. The van der Waals surface area contributed by atoms with E-state index < -0.39 is 11.4 Å². The second kappa shape index (κ2) is 5.74. The second-order valence-corrected chi connectivity index (χ2v) is 5.63.